The second-order valence-corrected chi connectivity index (χ2v) is 23.4. The Morgan fingerprint density at radius 3 is 0.771 bits per heavy atom. The van der Waals surface area contributed by atoms with Crippen LogP contribution in [0.1, 0.15) is 342 Å². The van der Waals surface area contributed by atoms with Crippen LogP contribution < -0.4 is 0 Å². The SMILES string of the molecule is CC/C=C\C/C=C\C/C=C\C/C=C\C/C=C\CCCC(=O)OC(COC(=O)CCCCCCCCCCCCCCCCCCC)COC(=O)CCCCCCCCCCCCCCCCCCCC/C=C\C/C=C\C/C=C\C/C=C\CC. The smallest absolute Gasteiger partial charge is 0.306 e. The number of carbonyl (C=O) groups is 3. The fraction of sp³-hybridized carbons (Fsp3) is 0.727. The summed E-state index contributed by atoms with van der Waals surface area (Å²) in [6, 6.07) is 0. The Morgan fingerprint density at radius 2 is 0.482 bits per heavy atom. The molecule has 0 aromatic carbocycles. The van der Waals surface area contributed by atoms with Crippen LogP contribution in [0.5, 0.6) is 0 Å². The molecule has 0 N–H and O–H groups in total. The third kappa shape index (κ3) is 68.7. The molecule has 1 unspecified atom stereocenters. The lowest BCUT2D eigenvalue weighted by molar-refractivity contribution is -0.167. The number of ether oxygens (including phenoxy) is 3. The lowest BCUT2D eigenvalue weighted by Crippen LogP contribution is -2.30. The van der Waals surface area contributed by atoms with Crippen LogP contribution >= 0.6 is 0 Å². The summed E-state index contributed by atoms with van der Waals surface area (Å²) < 4.78 is 16.9. The third-order valence-electron chi connectivity index (χ3n) is 15.3. The summed E-state index contributed by atoms with van der Waals surface area (Å²) in [7, 11) is 0. The van der Waals surface area contributed by atoms with Crippen LogP contribution in [0.15, 0.2) is 109 Å². The average Bonchev–Trinajstić information content (AvgIpc) is 3.50. The molecule has 0 spiro atoms. The number of hydrogen-bond acceptors (Lipinski definition) is 6. The molecule has 476 valence electrons. The first kappa shape index (κ1) is 79.1. The Bertz CT molecular complexity index is 1660. The van der Waals surface area contributed by atoms with E-state index in [1.54, 1.807) is 0 Å². The van der Waals surface area contributed by atoms with E-state index in [-0.39, 0.29) is 37.5 Å². The maximum absolute atomic E-state index is 12.9. The maximum atomic E-state index is 12.9. The van der Waals surface area contributed by atoms with Crippen molar-refractivity contribution in [1.82, 2.24) is 0 Å². The summed E-state index contributed by atoms with van der Waals surface area (Å²) in [4.78, 5) is 38.4. The van der Waals surface area contributed by atoms with Crippen LogP contribution in [0.3, 0.4) is 0 Å². The van der Waals surface area contributed by atoms with Crippen molar-refractivity contribution in [2.75, 3.05) is 13.2 Å². The molecule has 0 aliphatic rings. The highest BCUT2D eigenvalue weighted by Crippen LogP contribution is 2.18. The van der Waals surface area contributed by atoms with E-state index < -0.39 is 6.10 Å². The molecule has 0 heterocycles. The molecule has 0 radical (unpaired) electrons. The monoisotopic (exact) mass is 1150 g/mol. The van der Waals surface area contributed by atoms with Gasteiger partial charge in [-0.1, -0.05) is 336 Å². The Labute approximate surface area is 514 Å². The van der Waals surface area contributed by atoms with Crippen molar-refractivity contribution in [1.29, 1.82) is 0 Å². The Balaban J connectivity index is 4.28. The van der Waals surface area contributed by atoms with Gasteiger partial charge in [0.05, 0.1) is 0 Å². The highest BCUT2D eigenvalue weighted by molar-refractivity contribution is 5.71. The molecule has 6 heteroatoms. The highest BCUT2D eigenvalue weighted by Gasteiger charge is 2.19. The van der Waals surface area contributed by atoms with Crippen molar-refractivity contribution in [3.8, 4) is 0 Å². The van der Waals surface area contributed by atoms with Crippen LogP contribution in [-0.2, 0) is 28.6 Å². The number of unbranched alkanes of at least 4 members (excludes halogenated alkanes) is 35. The van der Waals surface area contributed by atoms with E-state index in [0.717, 1.165) is 103 Å². The normalized spacial score (nSPS) is 12.8. The van der Waals surface area contributed by atoms with Gasteiger partial charge in [0.25, 0.3) is 0 Å². The summed E-state index contributed by atoms with van der Waals surface area (Å²) in [6.45, 7) is 6.41. The van der Waals surface area contributed by atoms with E-state index in [4.69, 9.17) is 14.2 Å². The summed E-state index contributed by atoms with van der Waals surface area (Å²) >= 11 is 0. The number of esters is 3. The summed E-state index contributed by atoms with van der Waals surface area (Å²) in [5.41, 5.74) is 0. The van der Waals surface area contributed by atoms with Gasteiger partial charge in [-0.2, -0.15) is 0 Å². The van der Waals surface area contributed by atoms with Crippen molar-refractivity contribution in [2.45, 2.75) is 348 Å². The zero-order valence-corrected chi connectivity index (χ0v) is 54.7. The summed E-state index contributed by atoms with van der Waals surface area (Å²) in [5.74, 6) is -0.938. The van der Waals surface area contributed by atoms with Crippen molar-refractivity contribution in [3.05, 3.63) is 109 Å². The van der Waals surface area contributed by atoms with E-state index in [9.17, 15) is 14.4 Å². The fourth-order valence-corrected chi connectivity index (χ4v) is 10.1. The molecule has 0 amide bonds. The molecule has 0 fully saturated rings. The minimum atomic E-state index is -0.807. The van der Waals surface area contributed by atoms with Gasteiger partial charge in [-0.05, 0) is 96.3 Å². The van der Waals surface area contributed by atoms with Gasteiger partial charge in [0.15, 0.2) is 6.10 Å². The molecule has 6 nitrogen and oxygen atoms in total. The van der Waals surface area contributed by atoms with Gasteiger partial charge in [0.2, 0.25) is 0 Å². The van der Waals surface area contributed by atoms with Gasteiger partial charge in [-0.3, -0.25) is 14.4 Å². The molecular formula is C77H132O6. The predicted octanol–water partition coefficient (Wildman–Crippen LogP) is 24.6. The molecule has 0 saturated heterocycles. The second-order valence-electron chi connectivity index (χ2n) is 23.4. The fourth-order valence-electron chi connectivity index (χ4n) is 10.1. The molecular weight excluding hydrogens is 1020 g/mol. The van der Waals surface area contributed by atoms with E-state index >= 15 is 0 Å². The first-order chi connectivity index (χ1) is 41.0. The zero-order chi connectivity index (χ0) is 59.9. The van der Waals surface area contributed by atoms with Crippen LogP contribution in [-0.4, -0.2) is 37.2 Å². The molecule has 0 aliphatic carbocycles. The zero-order valence-electron chi connectivity index (χ0n) is 54.7. The largest absolute Gasteiger partial charge is 0.462 e. The van der Waals surface area contributed by atoms with Crippen LogP contribution in [0.2, 0.25) is 0 Å². The van der Waals surface area contributed by atoms with Gasteiger partial charge in [0, 0.05) is 19.3 Å². The maximum Gasteiger partial charge on any atom is 0.306 e. The van der Waals surface area contributed by atoms with E-state index in [0.29, 0.717) is 19.3 Å². The molecule has 0 rings (SSSR count). The number of hydrogen-bond donors (Lipinski definition) is 0. The van der Waals surface area contributed by atoms with Crippen LogP contribution in [0.4, 0.5) is 0 Å². The lowest BCUT2D eigenvalue weighted by atomic mass is 10.0. The van der Waals surface area contributed by atoms with Crippen molar-refractivity contribution >= 4 is 17.9 Å². The first-order valence-electron chi connectivity index (χ1n) is 35.4. The molecule has 83 heavy (non-hydrogen) atoms. The molecule has 0 saturated carbocycles. The van der Waals surface area contributed by atoms with Crippen molar-refractivity contribution in [2.24, 2.45) is 0 Å². The summed E-state index contributed by atoms with van der Waals surface area (Å²) in [5, 5.41) is 0. The average molecular weight is 1150 g/mol. The summed E-state index contributed by atoms with van der Waals surface area (Å²) in [6.07, 6.45) is 97.0. The predicted molar refractivity (Wildman–Crippen MR) is 362 cm³/mol. The Morgan fingerprint density at radius 1 is 0.253 bits per heavy atom. The molecule has 0 aromatic heterocycles. The molecule has 0 aliphatic heterocycles. The van der Waals surface area contributed by atoms with Gasteiger partial charge in [-0.25, -0.2) is 0 Å². The lowest BCUT2D eigenvalue weighted by Gasteiger charge is -2.18. The number of rotatable bonds is 64. The molecule has 1 atom stereocenters. The molecule has 0 aromatic rings. The van der Waals surface area contributed by atoms with E-state index in [1.165, 1.54) is 193 Å². The van der Waals surface area contributed by atoms with Crippen LogP contribution in [0, 0.1) is 0 Å². The quantitative estimate of drug-likeness (QED) is 0.0261. The first-order valence-corrected chi connectivity index (χ1v) is 35.4. The van der Waals surface area contributed by atoms with Crippen molar-refractivity contribution < 1.29 is 28.6 Å². The van der Waals surface area contributed by atoms with E-state index in [1.807, 2.05) is 0 Å². The minimum Gasteiger partial charge on any atom is -0.462 e. The standard InChI is InChI=1S/C77H132O6/c1-4-7-10-13-16-19-22-25-28-31-32-33-34-35-36-37-38-39-40-41-42-43-44-47-49-52-55-58-61-64-67-70-76(79)82-73-74(83-77(80)71-68-65-62-59-56-53-50-46-30-27-24-21-18-15-12-9-6-3)72-81-75(78)69-66-63-60-57-54-51-48-45-29-26-23-20-17-14-11-8-5-2/h7,9-10,12,16,18-19,21,25,27-28,30,32-33,50,53,59,62,74H,4-6,8,11,13-15,17,20,22-24,26,29,31,34-49,51-52,54-58,60-61,63-73H2,1-3H3/b10-7-,12-9-,19-16-,21-18-,28-25-,30-27-,33-32-,53-50-,62-59-. The van der Waals surface area contributed by atoms with Crippen LogP contribution in [0.25, 0.3) is 0 Å². The number of carbonyl (C=O) groups excluding carboxylic acids is 3. The van der Waals surface area contributed by atoms with Gasteiger partial charge >= 0.3 is 17.9 Å². The van der Waals surface area contributed by atoms with Crippen molar-refractivity contribution in [3.63, 3.8) is 0 Å². The van der Waals surface area contributed by atoms with Gasteiger partial charge in [0.1, 0.15) is 13.2 Å². The topological polar surface area (TPSA) is 78.9 Å². The number of allylic oxidation sites excluding steroid dienone is 18. The van der Waals surface area contributed by atoms with E-state index in [2.05, 4.69) is 130 Å². The Hall–Kier alpha value is -3.93. The van der Waals surface area contributed by atoms with Gasteiger partial charge < -0.3 is 14.2 Å². The highest BCUT2D eigenvalue weighted by atomic mass is 16.6. The Kier molecular flexibility index (Phi) is 67.2. The molecule has 0 bridgehead atoms. The third-order valence-corrected chi connectivity index (χ3v) is 15.3. The van der Waals surface area contributed by atoms with Gasteiger partial charge in [-0.15, -0.1) is 0 Å². The second kappa shape index (κ2) is 70.6. The minimum absolute atomic E-state index is 0.0963.